The molecule has 0 amide bonds. The Kier molecular flexibility index (Phi) is 4.63. The van der Waals surface area contributed by atoms with Gasteiger partial charge in [-0.15, -0.1) is 0 Å². The van der Waals surface area contributed by atoms with Gasteiger partial charge in [-0.2, -0.15) is 4.57 Å². The highest BCUT2D eigenvalue weighted by Gasteiger charge is 2.05. The van der Waals surface area contributed by atoms with E-state index in [2.05, 4.69) is 70.6 Å². The molecule has 0 unspecified atom stereocenters. The van der Waals surface area contributed by atoms with E-state index in [0.717, 1.165) is 0 Å². The third kappa shape index (κ3) is 3.86. The molecule has 98 valence electrons. The first-order valence-electron chi connectivity index (χ1n) is 6.24. The summed E-state index contributed by atoms with van der Waals surface area (Å²) in [6, 6.07) is 14.6. The Hall–Kier alpha value is -1.74. The Balaban J connectivity index is 2.08. The number of benzene rings is 1. The first-order valence-corrected chi connectivity index (χ1v) is 7.12. The molecular formula is C16H19N2S+. The van der Waals surface area contributed by atoms with Gasteiger partial charge in [-0.25, -0.2) is 0 Å². The minimum Gasteiger partial charge on any atom is -0.377 e. The smallest absolute Gasteiger partial charge is 0.190 e. The van der Waals surface area contributed by atoms with Crippen molar-refractivity contribution in [3.63, 3.8) is 0 Å². The maximum atomic E-state index is 2.17. The van der Waals surface area contributed by atoms with Crippen molar-refractivity contribution >= 4 is 23.1 Å². The zero-order valence-electron chi connectivity index (χ0n) is 11.6. The average Bonchev–Trinajstić information content (AvgIpc) is 2.46. The highest BCUT2D eigenvalue weighted by Crippen LogP contribution is 2.19. The van der Waals surface area contributed by atoms with Gasteiger partial charge in [0.05, 0.1) is 0 Å². The molecule has 0 aliphatic rings. The second kappa shape index (κ2) is 6.43. The molecule has 1 heterocycles. The van der Waals surface area contributed by atoms with Crippen LogP contribution in [-0.2, 0) is 0 Å². The molecule has 3 heteroatoms. The van der Waals surface area contributed by atoms with Crippen LogP contribution in [0.5, 0.6) is 0 Å². The number of allylic oxidation sites excluding steroid dienone is 1. The summed E-state index contributed by atoms with van der Waals surface area (Å²) in [4.78, 5) is 3.36. The standard InChI is InChI=1S/C16H19N2S/c1-14(13-19-16-7-5-4-6-8-16)18-11-9-15(10-12-18)17(2)3/h4-13H,1-3H3/q+1/b14-13+. The topological polar surface area (TPSA) is 7.12 Å². The summed E-state index contributed by atoms with van der Waals surface area (Å²) in [6.45, 7) is 2.12. The van der Waals surface area contributed by atoms with E-state index in [-0.39, 0.29) is 0 Å². The lowest BCUT2D eigenvalue weighted by Gasteiger charge is -2.10. The Morgan fingerprint density at radius 1 is 1.05 bits per heavy atom. The van der Waals surface area contributed by atoms with Crippen molar-refractivity contribution in [1.82, 2.24) is 0 Å². The Bertz CT molecular complexity index is 545. The van der Waals surface area contributed by atoms with Crippen molar-refractivity contribution in [2.24, 2.45) is 0 Å². The molecule has 0 saturated heterocycles. The first-order chi connectivity index (χ1) is 9.16. The summed E-state index contributed by atoms with van der Waals surface area (Å²) in [5.74, 6) is 0. The summed E-state index contributed by atoms with van der Waals surface area (Å²) in [5.41, 5.74) is 2.42. The van der Waals surface area contributed by atoms with Crippen LogP contribution in [0.2, 0.25) is 0 Å². The number of hydrogen-bond acceptors (Lipinski definition) is 2. The normalized spacial score (nSPS) is 11.4. The van der Waals surface area contributed by atoms with E-state index < -0.39 is 0 Å². The Labute approximate surface area is 119 Å². The molecule has 0 saturated carbocycles. The first kappa shape index (κ1) is 13.7. The van der Waals surface area contributed by atoms with Crippen molar-refractivity contribution in [3.8, 4) is 0 Å². The van der Waals surface area contributed by atoms with Gasteiger partial charge in [0.25, 0.3) is 0 Å². The third-order valence-electron chi connectivity index (χ3n) is 2.84. The summed E-state index contributed by atoms with van der Waals surface area (Å²) in [5, 5.41) is 2.17. The van der Waals surface area contributed by atoms with Crippen molar-refractivity contribution in [2.45, 2.75) is 11.8 Å². The SMILES string of the molecule is C/C(=C\Sc1ccccc1)[n+]1ccc(N(C)C)cc1. The van der Waals surface area contributed by atoms with Crippen molar-refractivity contribution in [2.75, 3.05) is 19.0 Å². The molecule has 1 aromatic heterocycles. The van der Waals surface area contributed by atoms with E-state index in [1.807, 2.05) is 20.2 Å². The predicted molar refractivity (Wildman–Crippen MR) is 83.2 cm³/mol. The highest BCUT2D eigenvalue weighted by atomic mass is 32.2. The number of anilines is 1. The van der Waals surface area contributed by atoms with Gasteiger partial charge in [-0.05, 0) is 12.1 Å². The Morgan fingerprint density at radius 2 is 1.68 bits per heavy atom. The van der Waals surface area contributed by atoms with Gasteiger partial charge in [0.2, 0.25) is 0 Å². The molecule has 0 N–H and O–H groups in total. The second-order valence-corrected chi connectivity index (χ2v) is 5.49. The van der Waals surface area contributed by atoms with Crippen molar-refractivity contribution in [3.05, 3.63) is 60.3 Å². The minimum absolute atomic E-state index is 1.21. The lowest BCUT2D eigenvalue weighted by atomic mass is 10.3. The van der Waals surface area contributed by atoms with Gasteiger partial charge >= 0.3 is 0 Å². The summed E-state index contributed by atoms with van der Waals surface area (Å²) < 4.78 is 2.13. The minimum atomic E-state index is 1.21. The summed E-state index contributed by atoms with van der Waals surface area (Å²) in [7, 11) is 4.10. The van der Waals surface area contributed by atoms with E-state index >= 15 is 0 Å². The molecule has 0 aliphatic carbocycles. The molecule has 0 radical (unpaired) electrons. The molecule has 0 atom stereocenters. The molecule has 0 fully saturated rings. The van der Waals surface area contributed by atoms with Gasteiger partial charge in [-0.3, -0.25) is 0 Å². The van der Waals surface area contributed by atoms with Crippen LogP contribution in [0, 0.1) is 0 Å². The number of aromatic nitrogens is 1. The van der Waals surface area contributed by atoms with Gasteiger partial charge in [0, 0.05) is 49.1 Å². The second-order valence-electron chi connectivity index (χ2n) is 4.55. The largest absolute Gasteiger partial charge is 0.377 e. The van der Waals surface area contributed by atoms with Crippen LogP contribution in [-0.4, -0.2) is 14.1 Å². The summed E-state index contributed by atoms with van der Waals surface area (Å²) >= 11 is 1.74. The number of pyridine rings is 1. The maximum Gasteiger partial charge on any atom is 0.190 e. The highest BCUT2D eigenvalue weighted by molar-refractivity contribution is 8.02. The van der Waals surface area contributed by atoms with Crippen LogP contribution in [0.3, 0.4) is 0 Å². The third-order valence-corrected chi connectivity index (χ3v) is 3.85. The number of thioether (sulfide) groups is 1. The fourth-order valence-corrected chi connectivity index (χ4v) is 2.41. The van der Waals surface area contributed by atoms with Crippen LogP contribution < -0.4 is 9.47 Å². The van der Waals surface area contributed by atoms with Crippen molar-refractivity contribution in [1.29, 1.82) is 0 Å². The van der Waals surface area contributed by atoms with Crippen LogP contribution in [0.4, 0.5) is 5.69 Å². The zero-order valence-corrected chi connectivity index (χ0v) is 12.4. The maximum absolute atomic E-state index is 2.17. The number of hydrogen-bond donors (Lipinski definition) is 0. The molecule has 2 aromatic rings. The molecule has 0 aliphatic heterocycles. The van der Waals surface area contributed by atoms with E-state index in [1.165, 1.54) is 16.3 Å². The quantitative estimate of drug-likeness (QED) is 0.619. The van der Waals surface area contributed by atoms with Crippen LogP contribution >= 0.6 is 11.8 Å². The van der Waals surface area contributed by atoms with Crippen LogP contribution in [0.1, 0.15) is 6.92 Å². The van der Waals surface area contributed by atoms with E-state index in [1.54, 1.807) is 11.8 Å². The fourth-order valence-electron chi connectivity index (χ4n) is 1.67. The van der Waals surface area contributed by atoms with E-state index in [9.17, 15) is 0 Å². The number of rotatable bonds is 4. The van der Waals surface area contributed by atoms with Crippen LogP contribution in [0.15, 0.2) is 65.2 Å². The zero-order chi connectivity index (χ0) is 13.7. The van der Waals surface area contributed by atoms with Gasteiger partial charge < -0.3 is 4.90 Å². The predicted octanol–water partition coefficient (Wildman–Crippen LogP) is 3.65. The van der Waals surface area contributed by atoms with Gasteiger partial charge in [0.15, 0.2) is 18.1 Å². The van der Waals surface area contributed by atoms with Crippen molar-refractivity contribution < 1.29 is 4.57 Å². The Morgan fingerprint density at radius 3 is 2.26 bits per heavy atom. The molecule has 2 nitrogen and oxygen atoms in total. The molecule has 19 heavy (non-hydrogen) atoms. The van der Waals surface area contributed by atoms with Gasteiger partial charge in [0.1, 0.15) is 0 Å². The molecular weight excluding hydrogens is 252 g/mol. The average molecular weight is 271 g/mol. The molecule has 0 bridgehead atoms. The fraction of sp³-hybridized carbons (Fsp3) is 0.188. The van der Waals surface area contributed by atoms with Gasteiger partial charge in [-0.1, -0.05) is 30.0 Å². The molecule has 0 spiro atoms. The van der Waals surface area contributed by atoms with E-state index in [0.29, 0.717) is 0 Å². The lowest BCUT2D eigenvalue weighted by molar-refractivity contribution is -0.581. The molecule has 2 rings (SSSR count). The molecule has 1 aromatic carbocycles. The van der Waals surface area contributed by atoms with E-state index in [4.69, 9.17) is 0 Å². The monoisotopic (exact) mass is 271 g/mol. The number of nitrogens with zero attached hydrogens (tertiary/aromatic N) is 2. The summed E-state index contributed by atoms with van der Waals surface area (Å²) in [6.07, 6.45) is 4.18. The lowest BCUT2D eigenvalue weighted by Crippen LogP contribution is -2.29. The van der Waals surface area contributed by atoms with Crippen LogP contribution in [0.25, 0.3) is 5.70 Å².